The first kappa shape index (κ1) is 10.7. The molecule has 1 aromatic rings. The summed E-state index contributed by atoms with van der Waals surface area (Å²) in [7, 11) is 0. The molecule has 1 aliphatic carbocycles. The molecule has 3 nitrogen and oxygen atoms in total. The van der Waals surface area contributed by atoms with E-state index in [0.29, 0.717) is 5.92 Å². The fourth-order valence-corrected chi connectivity index (χ4v) is 1.90. The second-order valence-electron chi connectivity index (χ2n) is 4.92. The SMILES string of the molecule is Cc1[nH]c(CNCC2CC2)nc1C(C)C. The number of aromatic nitrogens is 2. The van der Waals surface area contributed by atoms with Crippen LogP contribution in [0.5, 0.6) is 0 Å². The summed E-state index contributed by atoms with van der Waals surface area (Å²) in [6.45, 7) is 8.50. The van der Waals surface area contributed by atoms with Crippen molar-refractivity contribution in [1.29, 1.82) is 0 Å². The zero-order valence-corrected chi connectivity index (χ0v) is 9.93. The van der Waals surface area contributed by atoms with Crippen molar-refractivity contribution in [2.45, 2.75) is 46.1 Å². The van der Waals surface area contributed by atoms with Gasteiger partial charge in [-0.15, -0.1) is 0 Å². The number of H-pyrrole nitrogens is 1. The molecule has 1 saturated carbocycles. The highest BCUT2D eigenvalue weighted by Crippen LogP contribution is 2.27. The Bertz CT molecular complexity index is 324. The maximum absolute atomic E-state index is 4.61. The normalized spacial score (nSPS) is 16.3. The first-order chi connectivity index (χ1) is 7.16. The van der Waals surface area contributed by atoms with Gasteiger partial charge in [0.05, 0.1) is 12.2 Å². The van der Waals surface area contributed by atoms with Gasteiger partial charge in [-0.05, 0) is 38.1 Å². The van der Waals surface area contributed by atoms with Gasteiger partial charge in [-0.1, -0.05) is 13.8 Å². The molecule has 15 heavy (non-hydrogen) atoms. The van der Waals surface area contributed by atoms with Gasteiger partial charge in [0.2, 0.25) is 0 Å². The summed E-state index contributed by atoms with van der Waals surface area (Å²) in [5.41, 5.74) is 2.42. The maximum atomic E-state index is 4.61. The van der Waals surface area contributed by atoms with Gasteiger partial charge in [-0.3, -0.25) is 0 Å². The van der Waals surface area contributed by atoms with E-state index in [4.69, 9.17) is 0 Å². The van der Waals surface area contributed by atoms with Crippen molar-refractivity contribution < 1.29 is 0 Å². The van der Waals surface area contributed by atoms with Gasteiger partial charge in [-0.25, -0.2) is 4.98 Å². The number of rotatable bonds is 5. The largest absolute Gasteiger partial charge is 0.345 e. The average molecular weight is 207 g/mol. The molecule has 1 aromatic heterocycles. The van der Waals surface area contributed by atoms with Gasteiger partial charge in [0.25, 0.3) is 0 Å². The topological polar surface area (TPSA) is 40.7 Å². The third kappa shape index (κ3) is 2.81. The van der Waals surface area contributed by atoms with Crippen molar-refractivity contribution in [2.24, 2.45) is 5.92 Å². The highest BCUT2D eigenvalue weighted by atomic mass is 15.0. The zero-order valence-electron chi connectivity index (χ0n) is 9.93. The lowest BCUT2D eigenvalue weighted by Crippen LogP contribution is -2.17. The predicted octanol–water partition coefficient (Wildman–Crippen LogP) is 2.34. The van der Waals surface area contributed by atoms with Crippen molar-refractivity contribution in [3.8, 4) is 0 Å². The lowest BCUT2D eigenvalue weighted by molar-refractivity contribution is 0.621. The summed E-state index contributed by atoms with van der Waals surface area (Å²) in [6, 6.07) is 0. The number of imidazole rings is 1. The summed E-state index contributed by atoms with van der Waals surface area (Å²) in [6.07, 6.45) is 2.81. The van der Waals surface area contributed by atoms with Gasteiger partial charge in [-0.2, -0.15) is 0 Å². The van der Waals surface area contributed by atoms with Crippen LogP contribution in [0.3, 0.4) is 0 Å². The molecule has 2 rings (SSSR count). The molecule has 1 aliphatic rings. The first-order valence-electron chi connectivity index (χ1n) is 5.93. The second kappa shape index (κ2) is 4.35. The van der Waals surface area contributed by atoms with Crippen LogP contribution in [0.25, 0.3) is 0 Å². The van der Waals surface area contributed by atoms with Crippen LogP contribution in [0.2, 0.25) is 0 Å². The van der Waals surface area contributed by atoms with Crippen molar-refractivity contribution in [1.82, 2.24) is 15.3 Å². The van der Waals surface area contributed by atoms with E-state index >= 15 is 0 Å². The van der Waals surface area contributed by atoms with E-state index in [1.54, 1.807) is 0 Å². The minimum absolute atomic E-state index is 0.512. The van der Waals surface area contributed by atoms with Crippen LogP contribution in [0.15, 0.2) is 0 Å². The molecule has 0 saturated heterocycles. The summed E-state index contributed by atoms with van der Waals surface area (Å²) >= 11 is 0. The average Bonchev–Trinajstić information content (AvgIpc) is 2.90. The van der Waals surface area contributed by atoms with Crippen LogP contribution in [-0.4, -0.2) is 16.5 Å². The Morgan fingerprint density at radius 2 is 2.20 bits per heavy atom. The van der Waals surface area contributed by atoms with Crippen LogP contribution >= 0.6 is 0 Å². The third-order valence-electron chi connectivity index (χ3n) is 2.94. The molecule has 2 N–H and O–H groups in total. The van der Waals surface area contributed by atoms with E-state index in [9.17, 15) is 0 Å². The molecular formula is C12H21N3. The van der Waals surface area contributed by atoms with Gasteiger partial charge >= 0.3 is 0 Å². The van der Waals surface area contributed by atoms with Crippen LogP contribution < -0.4 is 5.32 Å². The summed E-state index contributed by atoms with van der Waals surface area (Å²) in [5.74, 6) is 2.53. The number of nitrogens with one attached hydrogen (secondary N) is 2. The molecule has 0 spiro atoms. The molecule has 0 unspecified atom stereocenters. The van der Waals surface area contributed by atoms with Gasteiger partial charge in [0.1, 0.15) is 5.82 Å². The monoisotopic (exact) mass is 207 g/mol. The van der Waals surface area contributed by atoms with Crippen molar-refractivity contribution in [3.05, 3.63) is 17.2 Å². The van der Waals surface area contributed by atoms with Gasteiger partial charge in [0.15, 0.2) is 0 Å². The molecule has 0 aliphatic heterocycles. The molecule has 0 amide bonds. The fourth-order valence-electron chi connectivity index (χ4n) is 1.90. The van der Waals surface area contributed by atoms with Crippen LogP contribution in [0, 0.1) is 12.8 Å². The molecule has 0 atom stereocenters. The maximum Gasteiger partial charge on any atom is 0.120 e. The lowest BCUT2D eigenvalue weighted by atomic mass is 10.1. The number of hydrogen-bond donors (Lipinski definition) is 2. The summed E-state index contributed by atoms with van der Waals surface area (Å²) in [4.78, 5) is 7.96. The second-order valence-corrected chi connectivity index (χ2v) is 4.92. The highest BCUT2D eigenvalue weighted by molar-refractivity contribution is 5.16. The van der Waals surface area contributed by atoms with Gasteiger partial charge in [0, 0.05) is 5.69 Å². The smallest absolute Gasteiger partial charge is 0.120 e. The van der Waals surface area contributed by atoms with E-state index in [2.05, 4.69) is 36.1 Å². The Kier molecular flexibility index (Phi) is 3.10. The Morgan fingerprint density at radius 1 is 1.47 bits per heavy atom. The molecule has 0 bridgehead atoms. The molecule has 3 heteroatoms. The van der Waals surface area contributed by atoms with E-state index in [1.165, 1.54) is 24.2 Å². The van der Waals surface area contributed by atoms with Crippen molar-refractivity contribution in [2.75, 3.05) is 6.54 Å². The molecule has 0 radical (unpaired) electrons. The zero-order chi connectivity index (χ0) is 10.8. The van der Waals surface area contributed by atoms with Crippen LogP contribution in [0.1, 0.15) is 49.8 Å². The van der Waals surface area contributed by atoms with Crippen molar-refractivity contribution in [3.63, 3.8) is 0 Å². The molecule has 0 aromatic carbocycles. The molecule has 1 heterocycles. The standard InChI is InChI=1S/C12H21N3/c1-8(2)12-9(3)14-11(15-12)7-13-6-10-4-5-10/h8,10,13H,4-7H2,1-3H3,(H,14,15). The number of aryl methyl sites for hydroxylation is 1. The minimum atomic E-state index is 0.512. The summed E-state index contributed by atoms with van der Waals surface area (Å²) in [5, 5.41) is 3.45. The first-order valence-corrected chi connectivity index (χ1v) is 5.93. The third-order valence-corrected chi connectivity index (χ3v) is 2.94. The fraction of sp³-hybridized carbons (Fsp3) is 0.750. The Labute approximate surface area is 91.7 Å². The molecule has 1 fully saturated rings. The van der Waals surface area contributed by atoms with E-state index in [0.717, 1.165) is 24.8 Å². The van der Waals surface area contributed by atoms with Gasteiger partial charge < -0.3 is 10.3 Å². The van der Waals surface area contributed by atoms with Crippen LogP contribution in [-0.2, 0) is 6.54 Å². The van der Waals surface area contributed by atoms with E-state index < -0.39 is 0 Å². The Balaban J connectivity index is 1.87. The lowest BCUT2D eigenvalue weighted by Gasteiger charge is -2.00. The Morgan fingerprint density at radius 3 is 2.73 bits per heavy atom. The van der Waals surface area contributed by atoms with E-state index in [-0.39, 0.29) is 0 Å². The van der Waals surface area contributed by atoms with Crippen LogP contribution in [0.4, 0.5) is 0 Å². The quantitative estimate of drug-likeness (QED) is 0.778. The van der Waals surface area contributed by atoms with Crippen molar-refractivity contribution >= 4 is 0 Å². The Hall–Kier alpha value is -0.830. The number of hydrogen-bond acceptors (Lipinski definition) is 2. The molecule has 84 valence electrons. The molecular weight excluding hydrogens is 186 g/mol. The highest BCUT2D eigenvalue weighted by Gasteiger charge is 2.20. The number of aromatic amines is 1. The number of nitrogens with zero attached hydrogens (tertiary/aromatic N) is 1. The predicted molar refractivity (Wildman–Crippen MR) is 61.8 cm³/mol. The summed E-state index contributed by atoms with van der Waals surface area (Å²) < 4.78 is 0. The van der Waals surface area contributed by atoms with E-state index in [1.807, 2.05) is 0 Å². The minimum Gasteiger partial charge on any atom is -0.345 e.